The summed E-state index contributed by atoms with van der Waals surface area (Å²) in [6.45, 7) is 6.55. The van der Waals surface area contributed by atoms with Gasteiger partial charge in [-0.1, -0.05) is 6.58 Å². The molecule has 0 N–H and O–H groups in total. The number of halogens is 6. The van der Waals surface area contributed by atoms with Crippen LogP contribution in [0.15, 0.2) is 12.2 Å². The van der Waals surface area contributed by atoms with Gasteiger partial charge in [-0.05, 0) is 33.6 Å². The number of sulfone groups is 2. The van der Waals surface area contributed by atoms with Crippen molar-refractivity contribution in [1.29, 1.82) is 0 Å². The normalized spacial score (nSPS) is 14.4. The molecule has 6 nitrogen and oxygen atoms in total. The minimum atomic E-state index is -6.71. The van der Waals surface area contributed by atoms with E-state index in [1.165, 1.54) is 6.92 Å². The van der Waals surface area contributed by atoms with Gasteiger partial charge in [-0.25, -0.2) is 21.6 Å². The molecular formula is C12H16F6O6S2. The summed E-state index contributed by atoms with van der Waals surface area (Å²) >= 11 is 0. The lowest BCUT2D eigenvalue weighted by Crippen LogP contribution is -2.45. The van der Waals surface area contributed by atoms with Crippen molar-refractivity contribution in [3.05, 3.63) is 12.2 Å². The first-order valence-corrected chi connectivity index (χ1v) is 9.75. The Balaban J connectivity index is 5.90. The summed E-state index contributed by atoms with van der Waals surface area (Å²) in [6, 6.07) is 0. The smallest absolute Gasteiger partial charge is 0.456 e. The van der Waals surface area contributed by atoms with E-state index in [2.05, 4.69) is 6.58 Å². The fourth-order valence-corrected chi connectivity index (χ4v) is 5.07. The molecule has 0 fully saturated rings. The van der Waals surface area contributed by atoms with Crippen LogP contribution in [0.5, 0.6) is 0 Å². The summed E-state index contributed by atoms with van der Waals surface area (Å²) in [5, 5.41) is 0. The molecule has 0 aliphatic heterocycles. The Labute approximate surface area is 146 Å². The van der Waals surface area contributed by atoms with Crippen LogP contribution in [-0.4, -0.2) is 44.0 Å². The maximum atomic E-state index is 12.6. The van der Waals surface area contributed by atoms with Crippen molar-refractivity contribution in [3.63, 3.8) is 0 Å². The molecule has 0 aromatic heterocycles. The summed E-state index contributed by atoms with van der Waals surface area (Å²) in [7, 11) is -13.4. The molecule has 0 bridgehead atoms. The summed E-state index contributed by atoms with van der Waals surface area (Å²) in [4.78, 5) is 11.4. The molecule has 0 amide bonds. The predicted molar refractivity (Wildman–Crippen MR) is 78.0 cm³/mol. The predicted octanol–water partition coefficient (Wildman–Crippen LogP) is 2.86. The van der Waals surface area contributed by atoms with Gasteiger partial charge in [0.2, 0.25) is 0 Å². The van der Waals surface area contributed by atoms with Gasteiger partial charge in [-0.2, -0.15) is 26.3 Å². The number of alkyl halides is 6. The van der Waals surface area contributed by atoms with E-state index in [9.17, 15) is 48.0 Å². The fraction of sp³-hybridized carbons (Fsp3) is 0.750. The van der Waals surface area contributed by atoms with Crippen LogP contribution in [0, 0.1) is 0 Å². The second kappa shape index (κ2) is 7.37. The fourth-order valence-electron chi connectivity index (χ4n) is 1.63. The summed E-state index contributed by atoms with van der Waals surface area (Å²) in [5.74, 6) is -1.04. The van der Waals surface area contributed by atoms with Crippen molar-refractivity contribution in [2.45, 2.75) is 54.8 Å². The zero-order valence-corrected chi connectivity index (χ0v) is 15.4. The quantitative estimate of drug-likeness (QED) is 0.348. The third-order valence-electron chi connectivity index (χ3n) is 3.04. The van der Waals surface area contributed by atoms with E-state index in [1.54, 1.807) is 0 Å². The molecule has 0 radical (unpaired) electrons. The first-order chi connectivity index (χ1) is 11.2. The molecule has 0 rings (SSSR count). The van der Waals surface area contributed by atoms with Crippen molar-refractivity contribution in [1.82, 2.24) is 0 Å². The Bertz CT molecular complexity index is 717. The third kappa shape index (κ3) is 5.59. The van der Waals surface area contributed by atoms with Crippen LogP contribution in [0.2, 0.25) is 0 Å². The Morgan fingerprint density at radius 1 is 0.962 bits per heavy atom. The van der Waals surface area contributed by atoms with E-state index in [0.717, 1.165) is 13.8 Å². The summed E-state index contributed by atoms with van der Waals surface area (Å²) in [6.07, 6.45) is -2.51. The van der Waals surface area contributed by atoms with Crippen LogP contribution in [-0.2, 0) is 29.2 Å². The SMILES string of the molecule is C=C(C)C(=O)OC(C)(C)CCC(S(=O)(=O)C(F)(F)F)S(=O)(=O)C(F)(F)F. The van der Waals surface area contributed by atoms with Crippen LogP contribution < -0.4 is 0 Å². The van der Waals surface area contributed by atoms with Crippen LogP contribution >= 0.6 is 0 Å². The van der Waals surface area contributed by atoms with Crippen molar-refractivity contribution >= 4 is 25.6 Å². The number of ether oxygens (including phenoxy) is 1. The monoisotopic (exact) mass is 434 g/mol. The molecule has 0 aliphatic rings. The van der Waals surface area contributed by atoms with Crippen LogP contribution in [0.4, 0.5) is 26.3 Å². The molecular weight excluding hydrogens is 418 g/mol. The van der Waals surface area contributed by atoms with Gasteiger partial charge < -0.3 is 4.74 Å². The minimum Gasteiger partial charge on any atom is -0.456 e. The van der Waals surface area contributed by atoms with Gasteiger partial charge >= 0.3 is 17.0 Å². The van der Waals surface area contributed by atoms with Gasteiger partial charge in [0.05, 0.1) is 0 Å². The highest BCUT2D eigenvalue weighted by molar-refractivity contribution is 8.09. The zero-order chi connectivity index (χ0) is 21.4. The van der Waals surface area contributed by atoms with E-state index < -0.39 is 59.7 Å². The lowest BCUT2D eigenvalue weighted by atomic mass is 10.0. The highest BCUT2D eigenvalue weighted by Crippen LogP contribution is 2.39. The molecule has 0 aromatic rings. The lowest BCUT2D eigenvalue weighted by molar-refractivity contribution is -0.152. The zero-order valence-electron chi connectivity index (χ0n) is 13.7. The molecule has 154 valence electrons. The molecule has 26 heavy (non-hydrogen) atoms. The van der Waals surface area contributed by atoms with Crippen molar-refractivity contribution in [2.75, 3.05) is 0 Å². The van der Waals surface area contributed by atoms with E-state index in [0.29, 0.717) is 0 Å². The molecule has 0 unspecified atom stereocenters. The van der Waals surface area contributed by atoms with Gasteiger partial charge in [0.25, 0.3) is 19.7 Å². The van der Waals surface area contributed by atoms with Crippen LogP contribution in [0.25, 0.3) is 0 Å². The average Bonchev–Trinajstić information content (AvgIpc) is 2.34. The number of rotatable bonds is 7. The van der Waals surface area contributed by atoms with E-state index in [1.807, 2.05) is 0 Å². The molecule has 0 heterocycles. The molecule has 0 spiro atoms. The number of carbonyl (C=O) groups is 1. The molecule has 0 aliphatic carbocycles. The highest BCUT2D eigenvalue weighted by Gasteiger charge is 2.62. The standard InChI is InChI=1S/C12H16F6O6S2/c1-7(2)9(19)24-10(3,4)6-5-8(25(20,21)11(13,14)15)26(22,23)12(16,17)18/h8H,1,5-6H2,2-4H3. The van der Waals surface area contributed by atoms with Gasteiger partial charge in [0.1, 0.15) is 5.60 Å². The van der Waals surface area contributed by atoms with Crippen molar-refractivity contribution in [2.24, 2.45) is 0 Å². The van der Waals surface area contributed by atoms with Crippen molar-refractivity contribution in [3.8, 4) is 0 Å². The van der Waals surface area contributed by atoms with E-state index in [-0.39, 0.29) is 5.57 Å². The van der Waals surface area contributed by atoms with Gasteiger partial charge in [0.15, 0.2) is 4.58 Å². The number of hydrogen-bond acceptors (Lipinski definition) is 6. The molecule has 0 saturated heterocycles. The Morgan fingerprint density at radius 2 is 1.31 bits per heavy atom. The summed E-state index contributed by atoms with van der Waals surface area (Å²) in [5.41, 5.74) is -14.3. The second-order valence-corrected chi connectivity index (χ2v) is 10.4. The first-order valence-electron chi connectivity index (χ1n) is 6.66. The molecule has 14 heteroatoms. The molecule has 0 atom stereocenters. The Kier molecular flexibility index (Phi) is 7.00. The molecule has 0 aromatic carbocycles. The topological polar surface area (TPSA) is 94.6 Å². The largest absolute Gasteiger partial charge is 0.498 e. The van der Waals surface area contributed by atoms with Crippen molar-refractivity contribution < 1.29 is 52.7 Å². The summed E-state index contributed by atoms with van der Waals surface area (Å²) < 4.78 is 122. The average molecular weight is 434 g/mol. The van der Waals surface area contributed by atoms with E-state index in [4.69, 9.17) is 4.74 Å². The van der Waals surface area contributed by atoms with Gasteiger partial charge in [-0.15, -0.1) is 0 Å². The van der Waals surface area contributed by atoms with E-state index >= 15 is 0 Å². The first kappa shape index (κ1) is 24.7. The molecule has 0 saturated carbocycles. The van der Waals surface area contributed by atoms with Crippen LogP contribution in [0.3, 0.4) is 0 Å². The number of carbonyl (C=O) groups excluding carboxylic acids is 1. The Morgan fingerprint density at radius 3 is 1.58 bits per heavy atom. The van der Waals surface area contributed by atoms with Crippen LogP contribution in [0.1, 0.15) is 33.6 Å². The number of esters is 1. The Hall–Kier alpha value is -1.31. The second-order valence-electron chi connectivity index (χ2n) is 5.88. The highest BCUT2D eigenvalue weighted by atomic mass is 32.3. The maximum Gasteiger partial charge on any atom is 0.498 e. The van der Waals surface area contributed by atoms with Gasteiger partial charge in [-0.3, -0.25) is 0 Å². The third-order valence-corrected chi connectivity index (χ3v) is 7.70. The number of hydrogen-bond donors (Lipinski definition) is 0. The maximum absolute atomic E-state index is 12.6. The van der Waals surface area contributed by atoms with Gasteiger partial charge in [0, 0.05) is 5.57 Å². The lowest BCUT2D eigenvalue weighted by Gasteiger charge is -2.28. The minimum absolute atomic E-state index is 0.138.